The number of fused-ring (bicyclic) bond motifs is 1. The quantitative estimate of drug-likeness (QED) is 0.759. The fourth-order valence-corrected chi connectivity index (χ4v) is 3.34. The molecule has 0 fully saturated rings. The summed E-state index contributed by atoms with van der Waals surface area (Å²) in [5, 5.41) is 0.928. The summed E-state index contributed by atoms with van der Waals surface area (Å²) >= 11 is 4.76. The Kier molecular flexibility index (Phi) is 3.25. The Morgan fingerprint density at radius 3 is 2.85 bits per heavy atom. The third-order valence-electron chi connectivity index (χ3n) is 3.14. The van der Waals surface area contributed by atoms with Gasteiger partial charge in [-0.1, -0.05) is 0 Å². The SMILES string of the molecule is Cc1cnc(C(C)n2c(N)nc3cc(Br)c(F)cc32)s1. The number of rotatable bonds is 2. The molecule has 0 saturated carbocycles. The molecule has 2 aromatic heterocycles. The van der Waals surface area contributed by atoms with Crippen molar-refractivity contribution in [3.05, 3.63) is 38.5 Å². The van der Waals surface area contributed by atoms with E-state index < -0.39 is 0 Å². The van der Waals surface area contributed by atoms with E-state index in [1.165, 1.54) is 6.07 Å². The Labute approximate surface area is 127 Å². The minimum atomic E-state index is -0.332. The molecule has 3 aromatic rings. The molecule has 0 saturated heterocycles. The zero-order valence-electron chi connectivity index (χ0n) is 10.9. The van der Waals surface area contributed by atoms with Crippen molar-refractivity contribution in [2.24, 2.45) is 0 Å². The Hall–Kier alpha value is -1.47. The molecule has 2 heterocycles. The van der Waals surface area contributed by atoms with Gasteiger partial charge in [-0.15, -0.1) is 11.3 Å². The van der Waals surface area contributed by atoms with Gasteiger partial charge in [-0.25, -0.2) is 14.4 Å². The minimum Gasteiger partial charge on any atom is -0.369 e. The van der Waals surface area contributed by atoms with Gasteiger partial charge >= 0.3 is 0 Å². The van der Waals surface area contributed by atoms with Crippen LogP contribution < -0.4 is 5.73 Å². The van der Waals surface area contributed by atoms with Gasteiger partial charge in [-0.05, 0) is 35.8 Å². The summed E-state index contributed by atoms with van der Waals surface area (Å²) in [7, 11) is 0. The molecule has 0 aliphatic rings. The molecule has 0 aliphatic heterocycles. The molecule has 104 valence electrons. The largest absolute Gasteiger partial charge is 0.369 e. The summed E-state index contributed by atoms with van der Waals surface area (Å²) in [6.45, 7) is 3.98. The zero-order chi connectivity index (χ0) is 14.4. The number of nitrogens with zero attached hydrogens (tertiary/aromatic N) is 3. The lowest BCUT2D eigenvalue weighted by Gasteiger charge is -2.13. The van der Waals surface area contributed by atoms with Gasteiger partial charge < -0.3 is 10.3 Å². The predicted octanol–water partition coefficient (Wildman–Crippen LogP) is 3.89. The van der Waals surface area contributed by atoms with Crippen molar-refractivity contribution in [2.75, 3.05) is 5.73 Å². The second kappa shape index (κ2) is 4.82. The van der Waals surface area contributed by atoms with E-state index in [2.05, 4.69) is 25.9 Å². The number of hydrogen-bond acceptors (Lipinski definition) is 4. The lowest BCUT2D eigenvalue weighted by Crippen LogP contribution is -2.09. The topological polar surface area (TPSA) is 56.7 Å². The van der Waals surface area contributed by atoms with Gasteiger partial charge in [0.1, 0.15) is 10.8 Å². The molecule has 1 unspecified atom stereocenters. The number of imidazole rings is 1. The molecule has 4 nitrogen and oxygen atoms in total. The van der Waals surface area contributed by atoms with Gasteiger partial charge in [0.15, 0.2) is 0 Å². The maximum atomic E-state index is 13.8. The van der Waals surface area contributed by atoms with Crippen molar-refractivity contribution < 1.29 is 4.39 Å². The molecule has 1 aromatic carbocycles. The van der Waals surface area contributed by atoms with Crippen molar-refractivity contribution in [2.45, 2.75) is 19.9 Å². The first-order chi connectivity index (χ1) is 9.47. The smallest absolute Gasteiger partial charge is 0.201 e. The van der Waals surface area contributed by atoms with Crippen LogP contribution in [-0.2, 0) is 0 Å². The third-order valence-corrected chi connectivity index (χ3v) is 4.83. The summed E-state index contributed by atoms with van der Waals surface area (Å²) in [5.41, 5.74) is 7.32. The second-order valence-corrected chi connectivity index (χ2v) is 6.70. The van der Waals surface area contributed by atoms with Crippen molar-refractivity contribution in [1.29, 1.82) is 0 Å². The van der Waals surface area contributed by atoms with E-state index in [1.807, 2.05) is 24.6 Å². The molecule has 0 aliphatic carbocycles. The standard InChI is InChI=1S/C13H12BrFN4S/c1-6-5-17-12(20-6)7(2)19-11-4-9(15)8(14)3-10(11)18-13(19)16/h3-5,7H,1-2H3,(H2,16,18). The molecule has 7 heteroatoms. The predicted molar refractivity (Wildman–Crippen MR) is 82.5 cm³/mol. The fraction of sp³-hybridized carbons (Fsp3) is 0.231. The van der Waals surface area contributed by atoms with Gasteiger partial charge in [0.25, 0.3) is 0 Å². The molecule has 1 atom stereocenters. The molecular formula is C13H12BrFN4S. The summed E-state index contributed by atoms with van der Waals surface area (Å²) < 4.78 is 16.0. The summed E-state index contributed by atoms with van der Waals surface area (Å²) in [6.07, 6.45) is 1.82. The number of aromatic nitrogens is 3. The first-order valence-electron chi connectivity index (χ1n) is 6.02. The van der Waals surface area contributed by atoms with E-state index in [1.54, 1.807) is 17.4 Å². The maximum Gasteiger partial charge on any atom is 0.201 e. The highest BCUT2D eigenvalue weighted by Gasteiger charge is 2.19. The highest BCUT2D eigenvalue weighted by Crippen LogP contribution is 2.31. The van der Waals surface area contributed by atoms with Gasteiger partial charge in [0.05, 0.1) is 21.5 Å². The van der Waals surface area contributed by atoms with Crippen LogP contribution in [0, 0.1) is 12.7 Å². The summed E-state index contributed by atoms with van der Waals surface area (Å²) in [6, 6.07) is 3.00. The fourth-order valence-electron chi connectivity index (χ4n) is 2.19. The van der Waals surface area contributed by atoms with Crippen LogP contribution in [0.2, 0.25) is 0 Å². The van der Waals surface area contributed by atoms with Crippen LogP contribution in [-0.4, -0.2) is 14.5 Å². The number of aryl methyl sites for hydroxylation is 1. The zero-order valence-corrected chi connectivity index (χ0v) is 13.3. The molecule has 3 rings (SSSR count). The first-order valence-corrected chi connectivity index (χ1v) is 7.63. The van der Waals surface area contributed by atoms with Crippen LogP contribution in [0.15, 0.2) is 22.8 Å². The minimum absolute atomic E-state index is 0.0840. The van der Waals surface area contributed by atoms with Gasteiger partial charge in [-0.3, -0.25) is 0 Å². The third kappa shape index (κ3) is 2.10. The summed E-state index contributed by atoms with van der Waals surface area (Å²) in [5.74, 6) is 0.0269. The van der Waals surface area contributed by atoms with E-state index in [0.717, 1.165) is 9.88 Å². The average molecular weight is 355 g/mol. The number of thiazole rings is 1. The van der Waals surface area contributed by atoms with Gasteiger partial charge in [-0.2, -0.15) is 0 Å². The first kappa shape index (κ1) is 13.5. The van der Waals surface area contributed by atoms with Crippen LogP contribution in [0.25, 0.3) is 11.0 Å². The Balaban J connectivity index is 2.20. The van der Waals surface area contributed by atoms with Crippen molar-refractivity contribution in [1.82, 2.24) is 14.5 Å². The Morgan fingerprint density at radius 1 is 1.45 bits per heavy atom. The monoisotopic (exact) mass is 354 g/mol. The maximum absolute atomic E-state index is 13.8. The van der Waals surface area contributed by atoms with Crippen molar-refractivity contribution in [3.8, 4) is 0 Å². The van der Waals surface area contributed by atoms with Gasteiger partial charge in [0, 0.05) is 17.1 Å². The average Bonchev–Trinajstić information content (AvgIpc) is 2.93. The number of benzene rings is 1. The molecule has 20 heavy (non-hydrogen) atoms. The number of anilines is 1. The lowest BCUT2D eigenvalue weighted by molar-refractivity contribution is 0.618. The van der Waals surface area contributed by atoms with Crippen LogP contribution in [0.4, 0.5) is 10.3 Å². The number of nitrogens with two attached hydrogens (primary N) is 1. The van der Waals surface area contributed by atoms with Crippen molar-refractivity contribution in [3.63, 3.8) is 0 Å². The molecule has 0 bridgehead atoms. The number of halogens is 2. The van der Waals surface area contributed by atoms with E-state index in [9.17, 15) is 4.39 Å². The van der Waals surface area contributed by atoms with Gasteiger partial charge in [0.2, 0.25) is 5.95 Å². The number of nitrogen functional groups attached to an aromatic ring is 1. The number of hydrogen-bond donors (Lipinski definition) is 1. The van der Waals surface area contributed by atoms with E-state index in [-0.39, 0.29) is 11.9 Å². The Morgan fingerprint density at radius 2 is 2.20 bits per heavy atom. The van der Waals surface area contributed by atoms with E-state index in [4.69, 9.17) is 5.73 Å². The molecule has 2 N–H and O–H groups in total. The second-order valence-electron chi connectivity index (χ2n) is 4.58. The van der Waals surface area contributed by atoms with Crippen LogP contribution in [0.3, 0.4) is 0 Å². The van der Waals surface area contributed by atoms with Crippen molar-refractivity contribution >= 4 is 44.2 Å². The molecular weight excluding hydrogens is 343 g/mol. The molecule has 0 amide bonds. The normalized spacial score (nSPS) is 13.0. The van der Waals surface area contributed by atoms with E-state index in [0.29, 0.717) is 21.5 Å². The summed E-state index contributed by atoms with van der Waals surface area (Å²) in [4.78, 5) is 9.79. The highest BCUT2D eigenvalue weighted by atomic mass is 79.9. The van der Waals surface area contributed by atoms with E-state index >= 15 is 0 Å². The van der Waals surface area contributed by atoms with Crippen LogP contribution in [0.1, 0.15) is 22.9 Å². The molecule has 0 spiro atoms. The van der Waals surface area contributed by atoms with Crippen LogP contribution in [0.5, 0.6) is 0 Å². The highest BCUT2D eigenvalue weighted by molar-refractivity contribution is 9.10. The molecule has 0 radical (unpaired) electrons. The Bertz CT molecular complexity index is 795. The van der Waals surface area contributed by atoms with Crippen LogP contribution >= 0.6 is 27.3 Å². The lowest BCUT2D eigenvalue weighted by atomic mass is 10.2.